The molecule has 0 aromatic rings. The lowest BCUT2D eigenvalue weighted by atomic mass is 10.3. The van der Waals surface area contributed by atoms with Crippen molar-refractivity contribution in [2.75, 3.05) is 32.4 Å². The predicted octanol–water partition coefficient (Wildman–Crippen LogP) is 0.0907. The summed E-state index contributed by atoms with van der Waals surface area (Å²) in [5.74, 6) is 0.938. The van der Waals surface area contributed by atoms with Crippen LogP contribution in [0.3, 0.4) is 0 Å². The van der Waals surface area contributed by atoms with E-state index in [9.17, 15) is 8.42 Å². The van der Waals surface area contributed by atoms with Crippen molar-refractivity contribution in [3.8, 4) is 0 Å². The van der Waals surface area contributed by atoms with Crippen LogP contribution in [-0.4, -0.2) is 56.5 Å². The molecule has 0 bridgehead atoms. The van der Waals surface area contributed by atoms with E-state index >= 15 is 0 Å². The van der Waals surface area contributed by atoms with Gasteiger partial charge < -0.3 is 10.2 Å². The summed E-state index contributed by atoms with van der Waals surface area (Å²) < 4.78 is 22.9. The molecule has 0 spiro atoms. The van der Waals surface area contributed by atoms with Gasteiger partial charge >= 0.3 is 0 Å². The molecule has 0 amide bonds. The van der Waals surface area contributed by atoms with Crippen LogP contribution < -0.4 is 5.32 Å². The molecule has 6 heteroatoms. The van der Waals surface area contributed by atoms with Gasteiger partial charge in [0.1, 0.15) is 0 Å². The van der Waals surface area contributed by atoms with Crippen LogP contribution in [0.25, 0.3) is 0 Å². The zero-order valence-corrected chi connectivity index (χ0v) is 11.3. The summed E-state index contributed by atoms with van der Waals surface area (Å²) in [6.07, 6.45) is 0. The number of sulfone groups is 1. The Hall–Kier alpha value is -0.780. The van der Waals surface area contributed by atoms with Crippen molar-refractivity contribution in [1.82, 2.24) is 10.2 Å². The Morgan fingerprint density at radius 1 is 1.44 bits per heavy atom. The monoisotopic (exact) mass is 247 g/mol. The van der Waals surface area contributed by atoms with Gasteiger partial charge in [0.25, 0.3) is 0 Å². The highest BCUT2D eigenvalue weighted by Crippen LogP contribution is 2.15. The molecule has 1 heterocycles. The summed E-state index contributed by atoms with van der Waals surface area (Å²) >= 11 is 0. The maximum Gasteiger partial charge on any atom is 0.193 e. The molecular formula is C10H21N3O2S. The lowest BCUT2D eigenvalue weighted by Gasteiger charge is -2.20. The maximum atomic E-state index is 11.8. The number of guanidine groups is 1. The van der Waals surface area contributed by atoms with Crippen molar-refractivity contribution >= 4 is 15.8 Å². The molecule has 0 unspecified atom stereocenters. The van der Waals surface area contributed by atoms with Gasteiger partial charge in [-0.2, -0.15) is 0 Å². The number of nitrogens with one attached hydrogen (secondary N) is 1. The summed E-state index contributed by atoms with van der Waals surface area (Å²) in [7, 11) is -1.10. The number of nitrogens with zero attached hydrogens (tertiary/aromatic N) is 2. The third-order valence-corrected chi connectivity index (χ3v) is 5.25. The molecule has 0 saturated heterocycles. The Balaban J connectivity index is 2.42. The van der Waals surface area contributed by atoms with Crippen molar-refractivity contribution < 1.29 is 8.42 Å². The molecule has 0 aromatic carbocycles. The van der Waals surface area contributed by atoms with Gasteiger partial charge in [-0.3, -0.25) is 4.99 Å². The van der Waals surface area contributed by atoms with Gasteiger partial charge in [-0.25, -0.2) is 8.42 Å². The maximum absolute atomic E-state index is 11.8. The first-order chi connectivity index (χ1) is 7.24. The molecule has 5 nitrogen and oxygen atoms in total. The zero-order valence-electron chi connectivity index (χ0n) is 10.4. The van der Waals surface area contributed by atoms with Crippen LogP contribution in [0.4, 0.5) is 0 Å². The number of hydrogen-bond acceptors (Lipinski definition) is 5. The molecule has 0 aromatic heterocycles. The van der Waals surface area contributed by atoms with Gasteiger partial charge in [0, 0.05) is 20.1 Å². The Morgan fingerprint density at radius 2 is 2.06 bits per heavy atom. The number of rotatable bonds is 3. The van der Waals surface area contributed by atoms with E-state index in [-0.39, 0.29) is 5.75 Å². The van der Waals surface area contributed by atoms with E-state index in [0.717, 1.165) is 19.0 Å². The number of likely N-dealkylation sites (N-methyl/N-ethyl adjacent to an activating group) is 1. The average Bonchev–Trinajstić information content (AvgIpc) is 2.49. The van der Waals surface area contributed by atoms with Crippen LogP contribution in [0.1, 0.15) is 20.8 Å². The molecule has 0 radical (unpaired) electrons. The minimum atomic E-state index is -3.04. The Kier molecular flexibility index (Phi) is 3.83. The largest absolute Gasteiger partial charge is 0.355 e. The summed E-state index contributed by atoms with van der Waals surface area (Å²) in [5.41, 5.74) is 0. The fourth-order valence-corrected chi connectivity index (χ4v) is 2.31. The van der Waals surface area contributed by atoms with E-state index in [0.29, 0.717) is 6.54 Å². The smallest absolute Gasteiger partial charge is 0.193 e. The van der Waals surface area contributed by atoms with Crippen LogP contribution >= 0.6 is 0 Å². The minimum Gasteiger partial charge on any atom is -0.355 e. The SMILES string of the molecule is CN1CCN=C1NCCS(=O)(=O)C(C)(C)C. The average molecular weight is 247 g/mol. The first kappa shape index (κ1) is 13.3. The zero-order chi connectivity index (χ0) is 12.4. The van der Waals surface area contributed by atoms with Crippen molar-refractivity contribution in [1.29, 1.82) is 0 Å². The van der Waals surface area contributed by atoms with Crippen LogP contribution in [0.15, 0.2) is 4.99 Å². The summed E-state index contributed by atoms with van der Waals surface area (Å²) in [5, 5.41) is 3.06. The second kappa shape index (κ2) is 4.61. The minimum absolute atomic E-state index is 0.142. The lowest BCUT2D eigenvalue weighted by Crippen LogP contribution is -2.40. The molecule has 0 aliphatic carbocycles. The molecule has 1 N–H and O–H groups in total. The topological polar surface area (TPSA) is 61.8 Å². The highest BCUT2D eigenvalue weighted by molar-refractivity contribution is 7.92. The molecule has 1 aliphatic rings. The highest BCUT2D eigenvalue weighted by atomic mass is 32.2. The van der Waals surface area contributed by atoms with Crippen molar-refractivity contribution in [3.05, 3.63) is 0 Å². The normalized spacial score (nSPS) is 17.5. The molecule has 94 valence electrons. The van der Waals surface area contributed by atoms with Crippen molar-refractivity contribution in [2.45, 2.75) is 25.5 Å². The first-order valence-electron chi connectivity index (χ1n) is 5.46. The van der Waals surface area contributed by atoms with Gasteiger partial charge in [-0.15, -0.1) is 0 Å². The van der Waals surface area contributed by atoms with Crippen LogP contribution in [0, 0.1) is 0 Å². The number of hydrogen-bond donors (Lipinski definition) is 1. The molecular weight excluding hydrogens is 226 g/mol. The van der Waals surface area contributed by atoms with Crippen LogP contribution in [0.5, 0.6) is 0 Å². The third kappa shape index (κ3) is 3.10. The Labute approximate surface area is 97.8 Å². The molecule has 0 atom stereocenters. The number of aliphatic imine (C=N–C) groups is 1. The van der Waals surface area contributed by atoms with Crippen LogP contribution in [0.2, 0.25) is 0 Å². The summed E-state index contributed by atoms with van der Waals surface area (Å²) in [4.78, 5) is 6.22. The van der Waals surface area contributed by atoms with Gasteiger partial charge in [0.2, 0.25) is 0 Å². The Morgan fingerprint density at radius 3 is 2.50 bits per heavy atom. The van der Waals surface area contributed by atoms with E-state index in [4.69, 9.17) is 0 Å². The van der Waals surface area contributed by atoms with Crippen molar-refractivity contribution in [3.63, 3.8) is 0 Å². The van der Waals surface area contributed by atoms with Gasteiger partial charge in [0.05, 0.1) is 17.0 Å². The standard InChI is InChI=1S/C10H21N3O2S/c1-10(2,3)16(14,15)8-6-12-9-11-5-7-13(9)4/h5-8H2,1-4H3,(H,11,12). The van der Waals surface area contributed by atoms with Gasteiger partial charge in [0.15, 0.2) is 15.8 Å². The van der Waals surface area contributed by atoms with Crippen molar-refractivity contribution in [2.24, 2.45) is 4.99 Å². The molecule has 0 saturated carbocycles. The third-order valence-electron chi connectivity index (χ3n) is 2.65. The van der Waals surface area contributed by atoms with E-state index in [2.05, 4.69) is 10.3 Å². The fourth-order valence-electron chi connectivity index (χ4n) is 1.33. The van der Waals surface area contributed by atoms with E-state index in [1.54, 1.807) is 20.8 Å². The van der Waals surface area contributed by atoms with E-state index < -0.39 is 14.6 Å². The quantitative estimate of drug-likeness (QED) is 0.768. The van der Waals surface area contributed by atoms with Gasteiger partial charge in [-0.1, -0.05) is 0 Å². The first-order valence-corrected chi connectivity index (χ1v) is 7.11. The summed E-state index contributed by atoms with van der Waals surface area (Å²) in [6, 6.07) is 0. The summed E-state index contributed by atoms with van der Waals surface area (Å²) in [6.45, 7) is 7.27. The van der Waals surface area contributed by atoms with Crippen LogP contribution in [-0.2, 0) is 9.84 Å². The molecule has 0 fully saturated rings. The van der Waals surface area contributed by atoms with Gasteiger partial charge in [-0.05, 0) is 20.8 Å². The second-order valence-electron chi connectivity index (χ2n) is 4.98. The highest BCUT2D eigenvalue weighted by Gasteiger charge is 2.28. The second-order valence-corrected chi connectivity index (χ2v) is 7.85. The van der Waals surface area contributed by atoms with E-state index in [1.807, 2.05) is 11.9 Å². The molecule has 16 heavy (non-hydrogen) atoms. The lowest BCUT2D eigenvalue weighted by molar-refractivity contribution is 0.533. The Bertz CT molecular complexity index is 368. The molecule has 1 rings (SSSR count). The predicted molar refractivity (Wildman–Crippen MR) is 66.5 cm³/mol. The van der Waals surface area contributed by atoms with E-state index in [1.165, 1.54) is 0 Å². The fraction of sp³-hybridized carbons (Fsp3) is 0.900. The molecule has 1 aliphatic heterocycles.